The van der Waals surface area contributed by atoms with E-state index in [-0.39, 0.29) is 18.1 Å². The monoisotopic (exact) mass is 405 g/mol. The molecule has 3 rings (SSSR count). The number of hydrogen-bond donors (Lipinski definition) is 0. The molecule has 0 N–H and O–H groups in total. The number of halogens is 3. The number of amides is 1. The van der Waals surface area contributed by atoms with Gasteiger partial charge in [0.25, 0.3) is 0 Å². The summed E-state index contributed by atoms with van der Waals surface area (Å²) in [5, 5.41) is 3.64. The van der Waals surface area contributed by atoms with E-state index < -0.39 is 18.0 Å². The van der Waals surface area contributed by atoms with Crippen LogP contribution in [0.2, 0.25) is 0 Å². The molecule has 2 aromatic carbocycles. The van der Waals surface area contributed by atoms with Crippen molar-refractivity contribution >= 4 is 11.9 Å². The second-order valence-corrected chi connectivity index (χ2v) is 6.13. The number of carbonyl (C=O) groups excluding carboxylic acids is 1. The fraction of sp³-hybridized carbons (Fsp3) is 0.200. The number of alkyl halides is 3. The Hall–Kier alpha value is -3.49. The maximum absolute atomic E-state index is 13.2. The van der Waals surface area contributed by atoms with Crippen LogP contribution in [0.25, 0.3) is 0 Å². The van der Waals surface area contributed by atoms with Crippen molar-refractivity contribution in [3.8, 4) is 11.5 Å². The first-order valence-corrected chi connectivity index (χ1v) is 8.56. The number of rotatable bonds is 5. The number of nitrogens with zero attached hydrogens (tertiary/aromatic N) is 3. The Kier molecular flexibility index (Phi) is 5.76. The van der Waals surface area contributed by atoms with Crippen molar-refractivity contribution in [2.24, 2.45) is 0 Å². The van der Waals surface area contributed by atoms with Gasteiger partial charge in [0.05, 0.1) is 13.7 Å². The molecular formula is C20H18F3N3O3. The van der Waals surface area contributed by atoms with Crippen LogP contribution >= 0.6 is 0 Å². The van der Waals surface area contributed by atoms with Gasteiger partial charge in [0, 0.05) is 13.1 Å². The van der Waals surface area contributed by atoms with Gasteiger partial charge in [-0.3, -0.25) is 4.90 Å². The first-order chi connectivity index (χ1) is 13.8. The molecule has 152 valence electrons. The molecule has 0 atom stereocenters. The molecule has 0 fully saturated rings. The average Bonchev–Trinajstić information content (AvgIpc) is 3.13. The molecule has 1 heterocycles. The Labute approximate surface area is 165 Å². The van der Waals surface area contributed by atoms with E-state index in [1.165, 1.54) is 14.2 Å². The van der Waals surface area contributed by atoms with Gasteiger partial charge >= 0.3 is 12.3 Å². The topological polar surface area (TPSA) is 56.6 Å². The molecule has 0 aliphatic carbocycles. The van der Waals surface area contributed by atoms with E-state index in [1.807, 2.05) is 0 Å². The standard InChI is InChI=1S/C20H18F3N3O3/c1-25(19(27)29-16-6-4-3-5-7-16)18-12-17(20(21,22)23)24-26(18)13-14-8-10-15(28-2)11-9-14/h3-12H,13H2,1-2H3. The number of aromatic nitrogens is 2. The molecule has 0 spiro atoms. The predicted octanol–water partition coefficient (Wildman–Crippen LogP) is 4.59. The Morgan fingerprint density at radius 1 is 1.07 bits per heavy atom. The SMILES string of the molecule is COc1ccc(Cn2nc(C(F)(F)F)cc2N(C)C(=O)Oc2ccccc2)cc1. The largest absolute Gasteiger partial charge is 0.497 e. The molecule has 0 saturated carbocycles. The van der Waals surface area contributed by atoms with Crippen LogP contribution in [0.4, 0.5) is 23.8 Å². The molecule has 0 unspecified atom stereocenters. The Morgan fingerprint density at radius 3 is 2.31 bits per heavy atom. The van der Waals surface area contributed by atoms with Crippen LogP contribution in [0.3, 0.4) is 0 Å². The van der Waals surface area contributed by atoms with Crippen LogP contribution < -0.4 is 14.4 Å². The third-order valence-corrected chi connectivity index (χ3v) is 4.11. The van der Waals surface area contributed by atoms with E-state index in [2.05, 4.69) is 5.10 Å². The molecule has 1 aromatic heterocycles. The third kappa shape index (κ3) is 4.87. The smallest absolute Gasteiger partial charge is 0.435 e. The summed E-state index contributed by atoms with van der Waals surface area (Å²) in [6.07, 6.45) is -5.48. The number of hydrogen-bond acceptors (Lipinski definition) is 4. The zero-order valence-corrected chi connectivity index (χ0v) is 15.7. The second kappa shape index (κ2) is 8.26. The number of ether oxygens (including phenoxy) is 2. The number of para-hydroxylation sites is 1. The number of anilines is 1. The van der Waals surface area contributed by atoms with Gasteiger partial charge in [-0.1, -0.05) is 30.3 Å². The van der Waals surface area contributed by atoms with Crippen LogP contribution in [-0.2, 0) is 12.7 Å². The summed E-state index contributed by atoms with van der Waals surface area (Å²) in [5.74, 6) is 0.852. The molecule has 0 saturated heterocycles. The molecule has 0 aliphatic heterocycles. The summed E-state index contributed by atoms with van der Waals surface area (Å²) in [6, 6.07) is 15.9. The molecule has 0 radical (unpaired) electrons. The Morgan fingerprint density at radius 2 is 1.72 bits per heavy atom. The predicted molar refractivity (Wildman–Crippen MR) is 100 cm³/mol. The minimum atomic E-state index is -4.65. The summed E-state index contributed by atoms with van der Waals surface area (Å²) < 4.78 is 51.0. The van der Waals surface area contributed by atoms with Gasteiger partial charge in [0.15, 0.2) is 5.69 Å². The van der Waals surface area contributed by atoms with Crippen molar-refractivity contribution in [1.82, 2.24) is 9.78 Å². The van der Waals surface area contributed by atoms with Gasteiger partial charge in [-0.25, -0.2) is 9.48 Å². The number of methoxy groups -OCH3 is 1. The van der Waals surface area contributed by atoms with E-state index in [9.17, 15) is 18.0 Å². The lowest BCUT2D eigenvalue weighted by molar-refractivity contribution is -0.141. The minimum Gasteiger partial charge on any atom is -0.497 e. The van der Waals surface area contributed by atoms with E-state index >= 15 is 0 Å². The lowest BCUT2D eigenvalue weighted by Gasteiger charge is -2.18. The van der Waals surface area contributed by atoms with Crippen LogP contribution in [0, 0.1) is 0 Å². The Balaban J connectivity index is 1.88. The van der Waals surface area contributed by atoms with Gasteiger partial charge in [0.2, 0.25) is 0 Å². The highest BCUT2D eigenvalue weighted by molar-refractivity contribution is 5.87. The van der Waals surface area contributed by atoms with Crippen molar-refractivity contribution in [2.75, 3.05) is 19.1 Å². The van der Waals surface area contributed by atoms with Crippen molar-refractivity contribution < 1.29 is 27.4 Å². The highest BCUT2D eigenvalue weighted by Crippen LogP contribution is 2.31. The van der Waals surface area contributed by atoms with Crippen LogP contribution in [-0.4, -0.2) is 30.0 Å². The molecule has 0 aliphatic rings. The van der Waals surface area contributed by atoms with Crippen molar-refractivity contribution in [1.29, 1.82) is 0 Å². The quantitative estimate of drug-likeness (QED) is 0.623. The zero-order valence-electron chi connectivity index (χ0n) is 15.7. The third-order valence-electron chi connectivity index (χ3n) is 4.11. The molecule has 9 heteroatoms. The van der Waals surface area contributed by atoms with Crippen molar-refractivity contribution in [2.45, 2.75) is 12.7 Å². The van der Waals surface area contributed by atoms with E-state index in [0.29, 0.717) is 11.3 Å². The first-order valence-electron chi connectivity index (χ1n) is 8.56. The minimum absolute atomic E-state index is 0.0262. The van der Waals surface area contributed by atoms with E-state index in [0.717, 1.165) is 15.6 Å². The van der Waals surface area contributed by atoms with E-state index in [4.69, 9.17) is 9.47 Å². The molecule has 29 heavy (non-hydrogen) atoms. The lowest BCUT2D eigenvalue weighted by atomic mass is 10.2. The molecular weight excluding hydrogens is 387 g/mol. The van der Waals surface area contributed by atoms with Crippen LogP contribution in [0.5, 0.6) is 11.5 Å². The summed E-state index contributed by atoms with van der Waals surface area (Å²) in [6.45, 7) is 0.0262. The zero-order chi connectivity index (χ0) is 21.0. The fourth-order valence-corrected chi connectivity index (χ4v) is 2.59. The molecule has 6 nitrogen and oxygen atoms in total. The fourth-order valence-electron chi connectivity index (χ4n) is 2.59. The summed E-state index contributed by atoms with van der Waals surface area (Å²) >= 11 is 0. The summed E-state index contributed by atoms with van der Waals surface area (Å²) in [7, 11) is 2.84. The first kappa shape index (κ1) is 20.2. The van der Waals surface area contributed by atoms with Crippen molar-refractivity contribution in [3.05, 3.63) is 71.9 Å². The second-order valence-electron chi connectivity index (χ2n) is 6.13. The van der Waals surface area contributed by atoms with Crippen LogP contribution in [0.15, 0.2) is 60.7 Å². The van der Waals surface area contributed by atoms with Gasteiger partial charge in [-0.15, -0.1) is 0 Å². The maximum atomic E-state index is 13.2. The van der Waals surface area contributed by atoms with Crippen molar-refractivity contribution in [3.63, 3.8) is 0 Å². The number of carbonyl (C=O) groups is 1. The van der Waals surface area contributed by atoms with Crippen LogP contribution in [0.1, 0.15) is 11.3 Å². The number of benzene rings is 2. The summed E-state index contributed by atoms with van der Waals surface area (Å²) in [5.41, 5.74) is -0.408. The highest BCUT2D eigenvalue weighted by atomic mass is 19.4. The normalized spacial score (nSPS) is 11.2. The van der Waals surface area contributed by atoms with Gasteiger partial charge in [-0.2, -0.15) is 18.3 Å². The van der Waals surface area contributed by atoms with E-state index in [1.54, 1.807) is 54.6 Å². The van der Waals surface area contributed by atoms with Gasteiger partial charge in [0.1, 0.15) is 17.3 Å². The summed E-state index contributed by atoms with van der Waals surface area (Å²) in [4.78, 5) is 13.4. The molecule has 3 aromatic rings. The van der Waals surface area contributed by atoms with Gasteiger partial charge in [-0.05, 0) is 29.8 Å². The Bertz CT molecular complexity index is 970. The maximum Gasteiger partial charge on any atom is 0.435 e. The molecule has 0 bridgehead atoms. The van der Waals surface area contributed by atoms with Gasteiger partial charge < -0.3 is 9.47 Å². The molecule has 1 amide bonds. The highest BCUT2D eigenvalue weighted by Gasteiger charge is 2.36. The average molecular weight is 405 g/mol. The lowest BCUT2D eigenvalue weighted by Crippen LogP contribution is -2.31.